The van der Waals surface area contributed by atoms with Crippen molar-refractivity contribution >= 4 is 0 Å². The van der Waals surface area contributed by atoms with Crippen LogP contribution in [0.2, 0.25) is 0 Å². The lowest BCUT2D eigenvalue weighted by Crippen LogP contribution is -2.35. The van der Waals surface area contributed by atoms with E-state index in [1.165, 1.54) is 0 Å². The van der Waals surface area contributed by atoms with Gasteiger partial charge < -0.3 is 9.15 Å². The Bertz CT molecular complexity index is 217. The van der Waals surface area contributed by atoms with Crippen molar-refractivity contribution in [2.75, 3.05) is 26.3 Å². The second-order valence-electron chi connectivity index (χ2n) is 2.82. The van der Waals surface area contributed by atoms with Gasteiger partial charge in [-0.15, -0.1) is 0 Å². The summed E-state index contributed by atoms with van der Waals surface area (Å²) >= 11 is 0. The number of nitrogens with zero attached hydrogens (tertiary/aromatic N) is 2. The van der Waals surface area contributed by atoms with Crippen LogP contribution in [0.3, 0.4) is 0 Å². The van der Waals surface area contributed by atoms with Crippen molar-refractivity contribution in [2.24, 2.45) is 0 Å². The first-order chi connectivity index (χ1) is 5.95. The van der Waals surface area contributed by atoms with Gasteiger partial charge in [-0.3, -0.25) is 4.90 Å². The van der Waals surface area contributed by atoms with E-state index in [0.717, 1.165) is 38.5 Å². The Labute approximate surface area is 71.1 Å². The van der Waals surface area contributed by atoms with E-state index in [0.29, 0.717) is 0 Å². The minimum absolute atomic E-state index is 0.821. The molecule has 0 N–H and O–H groups in total. The standard InChI is InChI=1S/C8H11N2O2/c1-3-11-4-2-10(1)5-8-6-12-7-9-8/h6H,1-5H2. The zero-order valence-corrected chi connectivity index (χ0v) is 6.82. The van der Waals surface area contributed by atoms with Gasteiger partial charge in [-0.25, -0.2) is 4.98 Å². The van der Waals surface area contributed by atoms with E-state index in [4.69, 9.17) is 9.15 Å². The smallest absolute Gasteiger partial charge is 0.283 e. The summed E-state index contributed by atoms with van der Waals surface area (Å²) in [5.74, 6) is 0. The first-order valence-corrected chi connectivity index (χ1v) is 4.06. The van der Waals surface area contributed by atoms with Crippen molar-refractivity contribution in [3.05, 3.63) is 18.4 Å². The Morgan fingerprint density at radius 3 is 3.00 bits per heavy atom. The molecule has 4 nitrogen and oxygen atoms in total. The van der Waals surface area contributed by atoms with Gasteiger partial charge in [0.2, 0.25) is 0 Å². The van der Waals surface area contributed by atoms with Gasteiger partial charge in [0.1, 0.15) is 6.26 Å². The topological polar surface area (TPSA) is 38.5 Å². The fraction of sp³-hybridized carbons (Fsp3) is 0.625. The number of aromatic nitrogens is 1. The number of hydrogen-bond acceptors (Lipinski definition) is 4. The van der Waals surface area contributed by atoms with Crippen LogP contribution in [-0.4, -0.2) is 36.2 Å². The molecule has 0 unspecified atom stereocenters. The van der Waals surface area contributed by atoms with Crippen LogP contribution in [0.15, 0.2) is 10.7 Å². The molecule has 0 aromatic carbocycles. The van der Waals surface area contributed by atoms with Gasteiger partial charge in [-0.2, -0.15) is 0 Å². The third-order valence-electron chi connectivity index (χ3n) is 1.93. The molecule has 0 bridgehead atoms. The second kappa shape index (κ2) is 3.69. The average Bonchev–Trinajstić information content (AvgIpc) is 2.59. The van der Waals surface area contributed by atoms with Gasteiger partial charge in [0.25, 0.3) is 6.39 Å². The van der Waals surface area contributed by atoms with Crippen LogP contribution in [0.1, 0.15) is 5.69 Å². The molecule has 1 aliphatic heterocycles. The predicted octanol–water partition coefficient (Wildman–Crippen LogP) is 0.307. The normalized spacial score (nSPS) is 19.7. The van der Waals surface area contributed by atoms with E-state index in [1.807, 2.05) is 0 Å². The molecule has 0 spiro atoms. The number of hydrogen-bond donors (Lipinski definition) is 0. The highest BCUT2D eigenvalue weighted by molar-refractivity contribution is 4.90. The number of rotatable bonds is 2. The molecular formula is C8H11N2O2. The Hall–Kier alpha value is -0.870. The van der Waals surface area contributed by atoms with Gasteiger partial charge in [0.15, 0.2) is 0 Å². The molecule has 1 radical (unpaired) electrons. The molecule has 12 heavy (non-hydrogen) atoms. The Morgan fingerprint density at radius 1 is 1.50 bits per heavy atom. The van der Waals surface area contributed by atoms with Crippen LogP contribution >= 0.6 is 0 Å². The van der Waals surface area contributed by atoms with E-state index in [9.17, 15) is 0 Å². The highest BCUT2D eigenvalue weighted by Gasteiger charge is 2.11. The van der Waals surface area contributed by atoms with Crippen molar-refractivity contribution < 1.29 is 9.15 Å². The van der Waals surface area contributed by atoms with Crippen LogP contribution in [0.25, 0.3) is 0 Å². The summed E-state index contributed by atoms with van der Waals surface area (Å²) in [6.07, 6.45) is 4.07. The monoisotopic (exact) mass is 167 g/mol. The van der Waals surface area contributed by atoms with Crippen LogP contribution in [-0.2, 0) is 11.3 Å². The van der Waals surface area contributed by atoms with Gasteiger partial charge in [-0.05, 0) is 0 Å². The Kier molecular flexibility index (Phi) is 2.39. The van der Waals surface area contributed by atoms with E-state index in [1.54, 1.807) is 6.26 Å². The molecule has 1 saturated heterocycles. The van der Waals surface area contributed by atoms with Crippen molar-refractivity contribution in [3.8, 4) is 0 Å². The van der Waals surface area contributed by atoms with Crippen molar-refractivity contribution in [3.63, 3.8) is 0 Å². The van der Waals surface area contributed by atoms with Crippen molar-refractivity contribution in [2.45, 2.75) is 6.54 Å². The van der Waals surface area contributed by atoms with Gasteiger partial charge >= 0.3 is 0 Å². The summed E-state index contributed by atoms with van der Waals surface area (Å²) in [7, 11) is 0. The zero-order valence-electron chi connectivity index (χ0n) is 6.82. The van der Waals surface area contributed by atoms with Crippen LogP contribution < -0.4 is 0 Å². The average molecular weight is 167 g/mol. The van der Waals surface area contributed by atoms with Gasteiger partial charge in [-0.1, -0.05) is 0 Å². The molecule has 65 valence electrons. The Balaban J connectivity index is 1.86. The maximum atomic E-state index is 5.23. The summed E-state index contributed by atoms with van der Waals surface area (Å²) in [4.78, 5) is 6.22. The fourth-order valence-electron chi connectivity index (χ4n) is 1.27. The minimum Gasteiger partial charge on any atom is -0.441 e. The molecular weight excluding hydrogens is 156 g/mol. The van der Waals surface area contributed by atoms with E-state index >= 15 is 0 Å². The minimum atomic E-state index is 0.821. The van der Waals surface area contributed by atoms with E-state index < -0.39 is 0 Å². The van der Waals surface area contributed by atoms with Crippen LogP contribution in [0.5, 0.6) is 0 Å². The maximum Gasteiger partial charge on any atom is 0.283 e. The lowest BCUT2D eigenvalue weighted by Gasteiger charge is -2.25. The maximum absolute atomic E-state index is 5.23. The van der Waals surface area contributed by atoms with Gasteiger partial charge in [0.05, 0.1) is 18.9 Å². The predicted molar refractivity (Wildman–Crippen MR) is 41.4 cm³/mol. The first-order valence-electron chi connectivity index (χ1n) is 4.06. The molecule has 1 aromatic rings. The number of ether oxygens (including phenoxy) is 1. The zero-order chi connectivity index (χ0) is 8.23. The van der Waals surface area contributed by atoms with Crippen molar-refractivity contribution in [1.82, 2.24) is 9.88 Å². The summed E-state index contributed by atoms with van der Waals surface area (Å²) in [5.41, 5.74) is 0.942. The quantitative estimate of drug-likeness (QED) is 0.635. The summed E-state index contributed by atoms with van der Waals surface area (Å²) < 4.78 is 9.99. The first kappa shape index (κ1) is 7.76. The fourth-order valence-corrected chi connectivity index (χ4v) is 1.27. The largest absolute Gasteiger partial charge is 0.441 e. The molecule has 4 heteroatoms. The van der Waals surface area contributed by atoms with Crippen LogP contribution in [0, 0.1) is 6.39 Å². The summed E-state index contributed by atoms with van der Waals surface area (Å²) in [6.45, 7) is 4.44. The third kappa shape index (κ3) is 1.84. The summed E-state index contributed by atoms with van der Waals surface area (Å²) in [6, 6.07) is 0. The van der Waals surface area contributed by atoms with Crippen molar-refractivity contribution in [1.29, 1.82) is 0 Å². The van der Waals surface area contributed by atoms with Crippen LogP contribution in [0.4, 0.5) is 0 Å². The molecule has 1 fully saturated rings. The van der Waals surface area contributed by atoms with E-state index in [-0.39, 0.29) is 0 Å². The molecule has 1 aliphatic rings. The number of morpholine rings is 1. The Morgan fingerprint density at radius 2 is 2.33 bits per heavy atom. The van der Waals surface area contributed by atoms with Gasteiger partial charge in [0, 0.05) is 19.6 Å². The molecule has 0 saturated carbocycles. The molecule has 1 aromatic heterocycles. The molecule has 2 heterocycles. The molecule has 0 aliphatic carbocycles. The molecule has 2 rings (SSSR count). The SMILES string of the molecule is [c]1nc(CN2CCOCC2)co1. The molecule has 0 amide bonds. The highest BCUT2D eigenvalue weighted by Crippen LogP contribution is 2.03. The lowest BCUT2D eigenvalue weighted by atomic mass is 10.3. The van der Waals surface area contributed by atoms with E-state index in [2.05, 4.69) is 16.3 Å². The number of oxazole rings is 1. The third-order valence-corrected chi connectivity index (χ3v) is 1.93. The lowest BCUT2D eigenvalue weighted by molar-refractivity contribution is 0.0336. The molecule has 0 atom stereocenters. The second-order valence-corrected chi connectivity index (χ2v) is 2.82. The highest BCUT2D eigenvalue weighted by atomic mass is 16.5. The summed E-state index contributed by atoms with van der Waals surface area (Å²) in [5, 5.41) is 0.